The molecule has 6 rings (SSSR count). The van der Waals surface area contributed by atoms with Crippen LogP contribution < -0.4 is 25.4 Å². The van der Waals surface area contributed by atoms with E-state index in [0.29, 0.717) is 33.3 Å². The summed E-state index contributed by atoms with van der Waals surface area (Å²) in [5.41, 5.74) is 2.05. The number of methoxy groups -OCH3 is 1. The van der Waals surface area contributed by atoms with Crippen LogP contribution in [0.3, 0.4) is 0 Å². The number of aromatic nitrogens is 1. The number of ketones is 1. The summed E-state index contributed by atoms with van der Waals surface area (Å²) >= 11 is 24.6. The number of phenols is 2. The van der Waals surface area contributed by atoms with Crippen molar-refractivity contribution in [2.45, 2.75) is 64.4 Å². The van der Waals surface area contributed by atoms with Gasteiger partial charge in [-0.1, -0.05) is 64.6 Å². The molecule has 1 aliphatic rings. The van der Waals surface area contributed by atoms with Crippen LogP contribution in [0.5, 0.6) is 23.0 Å². The molecule has 0 fully saturated rings. The number of rotatable bonds is 9. The van der Waals surface area contributed by atoms with Crippen LogP contribution in [0.15, 0.2) is 60.8 Å². The molecule has 1 aliphatic heterocycles. The molecule has 6 N–H and O–H groups in total. The van der Waals surface area contributed by atoms with Gasteiger partial charge in [0.15, 0.2) is 29.0 Å². The minimum absolute atomic E-state index is 0.0306. The van der Waals surface area contributed by atoms with Gasteiger partial charge in [-0.25, -0.2) is 4.79 Å². The van der Waals surface area contributed by atoms with E-state index in [-0.39, 0.29) is 61.2 Å². The lowest BCUT2D eigenvalue weighted by molar-refractivity contribution is -0.145. The van der Waals surface area contributed by atoms with Crippen molar-refractivity contribution in [3.05, 3.63) is 103 Å². The van der Waals surface area contributed by atoms with E-state index in [1.807, 2.05) is 33.8 Å². The first-order valence-corrected chi connectivity index (χ1v) is 19.9. The van der Waals surface area contributed by atoms with Gasteiger partial charge in [-0.15, -0.1) is 0 Å². The molecule has 1 aromatic heterocycles. The number of aromatic hydroxyl groups is 2. The zero-order valence-corrected chi connectivity index (χ0v) is 35.6. The fourth-order valence-corrected chi connectivity index (χ4v) is 7.68. The van der Waals surface area contributed by atoms with E-state index in [2.05, 4.69) is 20.9 Å². The number of fused-ring (bicyclic) bond motifs is 3. The second-order valence-electron chi connectivity index (χ2n) is 14.4. The number of H-pyrrole nitrogens is 1. The molecular formula is C42H38Cl4N4O10. The van der Waals surface area contributed by atoms with E-state index < -0.39 is 59.1 Å². The summed E-state index contributed by atoms with van der Waals surface area (Å²) in [4.78, 5) is 73.1. The average molecular weight is 901 g/mol. The summed E-state index contributed by atoms with van der Waals surface area (Å²) in [6.07, 6.45) is 0.697. The van der Waals surface area contributed by atoms with Crippen molar-refractivity contribution in [1.82, 2.24) is 20.9 Å². The standard InChI is InChI=1S/C42H38Cl4N4O10/c1-17(2)59-31-15-19-9-25(38(31)60-18(3)4)24-8-6-7-23-22(16-47-34(23)24)14-30(48-41(56)35(51)21-12-28(45)37(53)29(46)13-21)39(54)49-32(40(55)50-33(19)42(57)58-5)20-10-26(43)36(52)27(44)11-20/h6-13,15-18,30,32-33,47,52-53H,14H2,1-5H3,(H,48,56)(H,49,54)(H,50,55)/t30-,32-,33-/m1/s1. The third kappa shape index (κ3) is 9.06. The van der Waals surface area contributed by atoms with Crippen LogP contribution in [0.1, 0.15) is 66.8 Å². The highest BCUT2D eigenvalue weighted by atomic mass is 35.5. The predicted octanol–water partition coefficient (Wildman–Crippen LogP) is 7.55. The molecular weight excluding hydrogens is 862 g/mol. The minimum Gasteiger partial charge on any atom is -0.505 e. The van der Waals surface area contributed by atoms with Crippen LogP contribution in [-0.4, -0.2) is 70.0 Å². The first-order valence-electron chi connectivity index (χ1n) is 18.4. The van der Waals surface area contributed by atoms with Crippen LogP contribution in [-0.2, 0) is 30.3 Å². The quantitative estimate of drug-likeness (QED) is 0.0487. The lowest BCUT2D eigenvalue weighted by Gasteiger charge is -2.27. The number of phenolic OH excluding ortho intramolecular Hbond substituents is 2. The van der Waals surface area contributed by atoms with E-state index in [1.54, 1.807) is 30.5 Å². The van der Waals surface area contributed by atoms with Crippen molar-refractivity contribution in [3.63, 3.8) is 0 Å². The molecule has 2 heterocycles. The zero-order chi connectivity index (χ0) is 43.7. The number of hydrogen-bond acceptors (Lipinski definition) is 10. The number of aromatic amines is 1. The van der Waals surface area contributed by atoms with Crippen LogP contribution in [0.2, 0.25) is 20.1 Å². The molecule has 3 atom stereocenters. The predicted molar refractivity (Wildman–Crippen MR) is 225 cm³/mol. The van der Waals surface area contributed by atoms with Gasteiger partial charge in [0, 0.05) is 34.7 Å². The molecule has 5 aromatic rings. The van der Waals surface area contributed by atoms with Gasteiger partial charge in [0.2, 0.25) is 17.6 Å². The van der Waals surface area contributed by atoms with E-state index in [1.165, 1.54) is 12.1 Å². The number of hydrogen-bond donors (Lipinski definition) is 6. The van der Waals surface area contributed by atoms with Gasteiger partial charge in [0.05, 0.1) is 44.9 Å². The minimum atomic E-state index is -1.70. The maximum absolute atomic E-state index is 14.6. The van der Waals surface area contributed by atoms with Crippen molar-refractivity contribution in [1.29, 1.82) is 0 Å². The highest BCUT2D eigenvalue weighted by Gasteiger charge is 2.36. The normalized spacial score (nSPS) is 16.8. The van der Waals surface area contributed by atoms with Gasteiger partial charge >= 0.3 is 5.97 Å². The van der Waals surface area contributed by atoms with Crippen LogP contribution in [0.25, 0.3) is 22.0 Å². The fourth-order valence-electron chi connectivity index (χ4n) is 6.69. The Morgan fingerprint density at radius 1 is 0.783 bits per heavy atom. The first kappa shape index (κ1) is 43.9. The van der Waals surface area contributed by atoms with E-state index in [9.17, 15) is 34.2 Å². The molecule has 314 valence electrons. The van der Waals surface area contributed by atoms with Gasteiger partial charge in [0.25, 0.3) is 5.91 Å². The summed E-state index contributed by atoms with van der Waals surface area (Å²) in [5.74, 6) is -5.62. The molecule has 0 aliphatic carbocycles. The molecule has 3 amide bonds. The number of nitrogens with one attached hydrogen (secondary N) is 4. The van der Waals surface area contributed by atoms with Crippen molar-refractivity contribution >= 4 is 86.8 Å². The number of ether oxygens (including phenoxy) is 3. The number of halogens is 4. The number of Topliss-reactive ketones (excluding diaryl/α,β-unsaturated/α-hetero) is 1. The Bertz CT molecular complexity index is 2510. The Balaban J connectivity index is 1.59. The maximum Gasteiger partial charge on any atom is 0.333 e. The summed E-state index contributed by atoms with van der Waals surface area (Å²) in [6, 6.07) is 8.28. The Hall–Kier alpha value is -5.67. The Labute approximate surface area is 363 Å². The van der Waals surface area contributed by atoms with Gasteiger partial charge in [-0.05, 0) is 80.8 Å². The molecule has 4 aromatic carbocycles. The molecule has 0 radical (unpaired) electrons. The molecule has 0 saturated heterocycles. The largest absolute Gasteiger partial charge is 0.505 e. The number of para-hydroxylation sites is 1. The third-order valence-corrected chi connectivity index (χ3v) is 10.5. The number of esters is 1. The second-order valence-corrected chi connectivity index (χ2v) is 16.0. The molecule has 60 heavy (non-hydrogen) atoms. The van der Waals surface area contributed by atoms with Gasteiger partial charge < -0.3 is 45.4 Å². The number of carbonyl (C=O) groups is 5. The summed E-state index contributed by atoms with van der Waals surface area (Å²) in [7, 11) is 1.14. The molecule has 0 saturated carbocycles. The highest BCUT2D eigenvalue weighted by Crippen LogP contribution is 2.45. The maximum atomic E-state index is 14.6. The van der Waals surface area contributed by atoms with E-state index >= 15 is 0 Å². The smallest absolute Gasteiger partial charge is 0.333 e. The lowest BCUT2D eigenvalue weighted by atomic mass is 9.95. The van der Waals surface area contributed by atoms with Crippen LogP contribution in [0.4, 0.5) is 0 Å². The monoisotopic (exact) mass is 898 g/mol. The van der Waals surface area contributed by atoms with Crippen molar-refractivity contribution in [2.24, 2.45) is 0 Å². The Morgan fingerprint density at radius 3 is 2.00 bits per heavy atom. The Morgan fingerprint density at radius 2 is 1.40 bits per heavy atom. The van der Waals surface area contributed by atoms with Crippen molar-refractivity contribution < 1.29 is 48.4 Å². The molecule has 0 spiro atoms. The number of carbonyl (C=O) groups excluding carboxylic acids is 5. The molecule has 6 bridgehead atoms. The molecule has 14 nitrogen and oxygen atoms in total. The second kappa shape index (κ2) is 17.9. The third-order valence-electron chi connectivity index (χ3n) is 9.39. The average Bonchev–Trinajstić information content (AvgIpc) is 3.61. The first-order chi connectivity index (χ1) is 28.4. The van der Waals surface area contributed by atoms with Gasteiger partial charge in [0.1, 0.15) is 12.1 Å². The summed E-state index contributed by atoms with van der Waals surface area (Å²) in [5, 5.41) is 27.6. The topological polar surface area (TPSA) is 205 Å². The zero-order valence-electron chi connectivity index (χ0n) is 32.5. The number of amides is 3. The summed E-state index contributed by atoms with van der Waals surface area (Å²) < 4.78 is 17.8. The SMILES string of the molecule is COC(=O)[C@@H]1NC(=O)[C@@H](c2cc(Cl)c(O)c(Cl)c2)NC(=O)[C@H](NC(=O)C(=O)c2cc(Cl)c(O)c(Cl)c2)Cc2c[nH]c3c(cccc23)-c2cc1cc(OC(C)C)c2OC(C)C. The fraction of sp³-hybridized carbons (Fsp3) is 0.262. The number of benzene rings is 4. The van der Waals surface area contributed by atoms with Crippen LogP contribution >= 0.6 is 46.4 Å². The van der Waals surface area contributed by atoms with Gasteiger partial charge in [-0.3, -0.25) is 19.2 Å². The van der Waals surface area contributed by atoms with E-state index in [0.717, 1.165) is 19.2 Å². The highest BCUT2D eigenvalue weighted by molar-refractivity contribution is 6.45. The Kier molecular flexibility index (Phi) is 13.1. The summed E-state index contributed by atoms with van der Waals surface area (Å²) in [6.45, 7) is 7.31. The van der Waals surface area contributed by atoms with Gasteiger partial charge in [-0.2, -0.15) is 0 Å². The van der Waals surface area contributed by atoms with Crippen LogP contribution in [0, 0.1) is 0 Å². The lowest BCUT2D eigenvalue weighted by Crippen LogP contribution is -2.53. The van der Waals surface area contributed by atoms with Crippen molar-refractivity contribution in [3.8, 4) is 34.1 Å². The van der Waals surface area contributed by atoms with E-state index in [4.69, 9.17) is 60.6 Å². The molecule has 18 heteroatoms. The van der Waals surface area contributed by atoms with Crippen molar-refractivity contribution in [2.75, 3.05) is 7.11 Å². The molecule has 0 unspecified atom stereocenters.